The zero-order valence-corrected chi connectivity index (χ0v) is 18.3. The first-order valence-corrected chi connectivity index (χ1v) is 11.6. The lowest BCUT2D eigenvalue weighted by Crippen LogP contribution is -2.56. The number of hydrogen-bond donors (Lipinski definition) is 2. The van der Waals surface area contributed by atoms with Crippen molar-refractivity contribution in [2.24, 2.45) is 11.8 Å². The number of aryl methyl sites for hydroxylation is 1. The summed E-state index contributed by atoms with van der Waals surface area (Å²) in [5, 5.41) is 9.80. The second kappa shape index (κ2) is 6.66. The Bertz CT molecular complexity index is 1030. The lowest BCUT2D eigenvalue weighted by atomic mass is 9.70. The van der Waals surface area contributed by atoms with Crippen LogP contribution >= 0.6 is 0 Å². The van der Waals surface area contributed by atoms with E-state index >= 15 is 0 Å². The Morgan fingerprint density at radius 3 is 2.56 bits per heavy atom. The summed E-state index contributed by atoms with van der Waals surface area (Å²) in [6.45, 7) is 3.56. The predicted octanol–water partition coefficient (Wildman–Crippen LogP) is 1.68. The average molecular weight is 441 g/mol. The average Bonchev–Trinajstić information content (AvgIpc) is 3.06. The zero-order valence-electron chi connectivity index (χ0n) is 18.3. The maximum atomic E-state index is 13.7. The van der Waals surface area contributed by atoms with Gasteiger partial charge in [-0.15, -0.1) is 0 Å². The fourth-order valence-electron chi connectivity index (χ4n) is 6.29. The fraction of sp³-hybridized carbons (Fsp3) is 0.652. The normalized spacial score (nSPS) is 37.9. The van der Waals surface area contributed by atoms with E-state index < -0.39 is 29.1 Å². The number of ether oxygens (including phenoxy) is 1. The molecule has 6 rings (SSSR count). The van der Waals surface area contributed by atoms with Crippen molar-refractivity contribution in [2.75, 3.05) is 5.32 Å². The molecule has 2 saturated heterocycles. The Balaban J connectivity index is 1.34. The molecule has 1 aromatic heterocycles. The Hall–Kier alpha value is -2.68. The van der Waals surface area contributed by atoms with Crippen LogP contribution < -0.4 is 10.6 Å². The van der Waals surface area contributed by atoms with Crippen LogP contribution in [0.1, 0.15) is 51.2 Å². The van der Waals surface area contributed by atoms with Gasteiger partial charge in [-0.05, 0) is 39.5 Å². The third-order valence-electron chi connectivity index (χ3n) is 7.79. The van der Waals surface area contributed by atoms with Gasteiger partial charge in [-0.3, -0.25) is 14.4 Å². The second-order valence-electron chi connectivity index (χ2n) is 10.1. The third-order valence-corrected chi connectivity index (χ3v) is 7.79. The van der Waals surface area contributed by atoms with E-state index in [9.17, 15) is 14.4 Å². The molecule has 2 saturated carbocycles. The first kappa shape index (κ1) is 20.0. The Morgan fingerprint density at radius 2 is 1.91 bits per heavy atom. The first-order valence-electron chi connectivity index (χ1n) is 11.6. The van der Waals surface area contributed by atoms with Crippen molar-refractivity contribution in [3.05, 3.63) is 24.0 Å². The van der Waals surface area contributed by atoms with Gasteiger partial charge in [-0.2, -0.15) is 0 Å². The number of nitrogens with zero attached hydrogens (tertiary/aromatic N) is 2. The van der Waals surface area contributed by atoms with Crippen molar-refractivity contribution in [1.29, 1.82) is 0 Å². The van der Waals surface area contributed by atoms with Gasteiger partial charge >= 0.3 is 0 Å². The molecule has 0 aromatic carbocycles. The highest BCUT2D eigenvalue weighted by Crippen LogP contribution is 2.61. The summed E-state index contributed by atoms with van der Waals surface area (Å²) in [6.07, 6.45) is 9.59. The van der Waals surface area contributed by atoms with E-state index in [-0.39, 0.29) is 29.8 Å². The molecule has 1 spiro atoms. The van der Waals surface area contributed by atoms with Crippen molar-refractivity contribution in [3.63, 3.8) is 0 Å². The first-order chi connectivity index (χ1) is 15.3. The van der Waals surface area contributed by atoms with Crippen molar-refractivity contribution in [2.45, 2.75) is 81.7 Å². The van der Waals surface area contributed by atoms with Gasteiger partial charge in [0.2, 0.25) is 17.7 Å². The van der Waals surface area contributed by atoms with Crippen molar-refractivity contribution < 1.29 is 23.6 Å². The zero-order chi connectivity index (χ0) is 22.3. The third kappa shape index (κ3) is 2.73. The Labute approximate surface area is 185 Å². The standard InChI is InChI=1S/C23H28N4O5/c1-12-11-15(26-31-12)25-19(28)16-17-21(30)27(14-7-8-14)18(20(29)24-13-5-3-4-6-13)23(17)10-9-22(16,2)32-23/h9-11,13-14,16-18H,3-8H2,1-2H3,(H,24,29)(H,25,26,28)/t16-,17+,18+,22+,23+/m0/s1. The molecule has 2 bridgehead atoms. The number of hydrogen-bond acceptors (Lipinski definition) is 6. The number of anilines is 1. The molecule has 2 N–H and O–H groups in total. The van der Waals surface area contributed by atoms with Gasteiger partial charge in [0.1, 0.15) is 17.4 Å². The van der Waals surface area contributed by atoms with Crippen LogP contribution in [-0.4, -0.2) is 57.1 Å². The number of fused-ring (bicyclic) bond motifs is 1. The van der Waals surface area contributed by atoms with Gasteiger partial charge in [0.25, 0.3) is 0 Å². The molecule has 9 heteroatoms. The van der Waals surface area contributed by atoms with Crippen LogP contribution in [0, 0.1) is 18.8 Å². The predicted molar refractivity (Wildman–Crippen MR) is 112 cm³/mol. The smallest absolute Gasteiger partial charge is 0.246 e. The van der Waals surface area contributed by atoms with E-state index in [0.717, 1.165) is 38.5 Å². The number of carbonyl (C=O) groups is 3. The van der Waals surface area contributed by atoms with Crippen LogP contribution in [0.5, 0.6) is 0 Å². The maximum absolute atomic E-state index is 13.7. The molecule has 0 unspecified atom stereocenters. The summed E-state index contributed by atoms with van der Waals surface area (Å²) in [6, 6.07) is 1.05. The van der Waals surface area contributed by atoms with Crippen LogP contribution in [-0.2, 0) is 19.1 Å². The molecule has 3 amide bonds. The van der Waals surface area contributed by atoms with Crippen LogP contribution in [0.4, 0.5) is 5.82 Å². The van der Waals surface area contributed by atoms with Gasteiger partial charge in [-0.25, -0.2) is 0 Å². The summed E-state index contributed by atoms with van der Waals surface area (Å²) in [7, 11) is 0. The number of carbonyl (C=O) groups excluding carboxylic acids is 3. The minimum atomic E-state index is -1.13. The highest BCUT2D eigenvalue weighted by Gasteiger charge is 2.77. The molecular formula is C23H28N4O5. The summed E-state index contributed by atoms with van der Waals surface area (Å²) in [5.74, 6) is -1.30. The summed E-state index contributed by atoms with van der Waals surface area (Å²) >= 11 is 0. The van der Waals surface area contributed by atoms with Gasteiger partial charge < -0.3 is 24.8 Å². The lowest BCUT2D eigenvalue weighted by molar-refractivity contribution is -0.144. The Kier molecular flexibility index (Phi) is 4.16. The molecule has 5 atom stereocenters. The summed E-state index contributed by atoms with van der Waals surface area (Å²) < 4.78 is 11.5. The monoisotopic (exact) mass is 440 g/mol. The Morgan fingerprint density at radius 1 is 1.16 bits per heavy atom. The highest BCUT2D eigenvalue weighted by atomic mass is 16.5. The number of likely N-dealkylation sites (tertiary alicyclic amines) is 1. The highest BCUT2D eigenvalue weighted by molar-refractivity contribution is 6.03. The van der Waals surface area contributed by atoms with Crippen LogP contribution in [0.2, 0.25) is 0 Å². The summed E-state index contributed by atoms with van der Waals surface area (Å²) in [4.78, 5) is 42.4. The second-order valence-corrected chi connectivity index (χ2v) is 10.1. The number of amides is 3. The molecule has 3 aliphatic heterocycles. The molecule has 1 aromatic rings. The minimum absolute atomic E-state index is 0.0348. The lowest BCUT2D eigenvalue weighted by Gasteiger charge is -2.33. The van der Waals surface area contributed by atoms with Gasteiger partial charge in [-0.1, -0.05) is 30.2 Å². The SMILES string of the molecule is Cc1cc(NC(=O)[C@@H]2[C@@H]3C(=O)N(C4CC4)[C@H](C(=O)NC4CCCC4)[C@@]34C=C[C@@]2(C)O4)no1. The van der Waals surface area contributed by atoms with E-state index in [4.69, 9.17) is 9.26 Å². The van der Waals surface area contributed by atoms with E-state index in [1.54, 1.807) is 17.9 Å². The number of aromatic nitrogens is 1. The topological polar surface area (TPSA) is 114 Å². The number of rotatable bonds is 5. The van der Waals surface area contributed by atoms with E-state index in [1.165, 1.54) is 0 Å². The quantitative estimate of drug-likeness (QED) is 0.674. The summed E-state index contributed by atoms with van der Waals surface area (Å²) in [5.41, 5.74) is -2.09. The molecule has 2 aliphatic carbocycles. The molecule has 4 fully saturated rings. The maximum Gasteiger partial charge on any atom is 0.246 e. The molecule has 4 heterocycles. The molecule has 32 heavy (non-hydrogen) atoms. The van der Waals surface area contributed by atoms with Crippen LogP contribution in [0.15, 0.2) is 22.7 Å². The molecule has 5 aliphatic rings. The van der Waals surface area contributed by atoms with Crippen molar-refractivity contribution >= 4 is 23.5 Å². The molecule has 170 valence electrons. The molecular weight excluding hydrogens is 412 g/mol. The van der Waals surface area contributed by atoms with Crippen molar-refractivity contribution in [1.82, 2.24) is 15.4 Å². The van der Waals surface area contributed by atoms with E-state index in [1.807, 2.05) is 19.1 Å². The van der Waals surface area contributed by atoms with E-state index in [0.29, 0.717) is 11.6 Å². The molecule has 0 radical (unpaired) electrons. The van der Waals surface area contributed by atoms with Gasteiger partial charge in [0.15, 0.2) is 5.82 Å². The number of nitrogens with one attached hydrogen (secondary N) is 2. The van der Waals surface area contributed by atoms with Crippen molar-refractivity contribution in [3.8, 4) is 0 Å². The van der Waals surface area contributed by atoms with E-state index in [2.05, 4.69) is 15.8 Å². The molecule has 9 nitrogen and oxygen atoms in total. The van der Waals surface area contributed by atoms with Crippen LogP contribution in [0.3, 0.4) is 0 Å². The minimum Gasteiger partial charge on any atom is -0.360 e. The van der Waals surface area contributed by atoms with Crippen LogP contribution in [0.25, 0.3) is 0 Å². The van der Waals surface area contributed by atoms with Gasteiger partial charge in [0.05, 0.1) is 17.4 Å². The largest absolute Gasteiger partial charge is 0.360 e. The van der Waals surface area contributed by atoms with Gasteiger partial charge in [0, 0.05) is 18.2 Å². The fourth-order valence-corrected chi connectivity index (χ4v) is 6.29.